The lowest BCUT2D eigenvalue weighted by Crippen LogP contribution is -2.24. The van der Waals surface area contributed by atoms with Crippen molar-refractivity contribution in [2.24, 2.45) is 7.05 Å². The molecule has 0 aliphatic carbocycles. The highest BCUT2D eigenvalue weighted by atomic mass is 16.5. The van der Waals surface area contributed by atoms with Crippen LogP contribution in [0, 0.1) is 0 Å². The molecular formula is C8H8N2O3. The van der Waals surface area contributed by atoms with E-state index in [9.17, 15) is 9.90 Å². The quantitative estimate of drug-likeness (QED) is 0.386. The molecule has 5 nitrogen and oxygen atoms in total. The molecule has 2 rings (SSSR count). The molecule has 13 heavy (non-hydrogen) atoms. The molecule has 68 valence electrons. The highest BCUT2D eigenvalue weighted by Gasteiger charge is 2.25. The average Bonchev–Trinajstić information content (AvgIpc) is 2.60. The number of rotatable bonds is 1. The number of hydrogen-bond donors (Lipinski definition) is 0. The highest BCUT2D eigenvalue weighted by Crippen LogP contribution is 2.15. The summed E-state index contributed by atoms with van der Waals surface area (Å²) in [6.45, 7) is -0.143. The maximum atomic E-state index is 11.2. The molecule has 2 heterocycles. The second kappa shape index (κ2) is 2.62. The van der Waals surface area contributed by atoms with E-state index in [-0.39, 0.29) is 18.1 Å². The maximum Gasteiger partial charge on any atom is 0.378 e. The second-order valence-electron chi connectivity index (χ2n) is 2.83. The van der Waals surface area contributed by atoms with Gasteiger partial charge in [-0.2, -0.15) is 4.57 Å². The van der Waals surface area contributed by atoms with Gasteiger partial charge < -0.3 is 9.84 Å². The molecule has 1 aliphatic heterocycles. The molecule has 0 N–H and O–H groups in total. The first-order valence-corrected chi connectivity index (χ1v) is 3.79. The largest absolute Gasteiger partial charge is 0.870 e. The van der Waals surface area contributed by atoms with Gasteiger partial charge in [0.15, 0.2) is 0 Å². The van der Waals surface area contributed by atoms with Gasteiger partial charge in [-0.1, -0.05) is 0 Å². The monoisotopic (exact) mass is 180 g/mol. The summed E-state index contributed by atoms with van der Waals surface area (Å²) < 4.78 is 7.80. The van der Waals surface area contributed by atoms with Crippen LogP contribution < -0.4 is 9.67 Å². The lowest BCUT2D eigenvalue weighted by molar-refractivity contribution is -0.670. The minimum atomic E-state index is -0.554. The summed E-state index contributed by atoms with van der Waals surface area (Å²) in [6.07, 6.45) is 5.02. The van der Waals surface area contributed by atoms with E-state index in [0.29, 0.717) is 0 Å². The van der Waals surface area contributed by atoms with Crippen molar-refractivity contribution in [1.29, 1.82) is 0 Å². The Hall–Kier alpha value is -1.78. The van der Waals surface area contributed by atoms with Crippen LogP contribution in [-0.4, -0.2) is 17.1 Å². The van der Waals surface area contributed by atoms with Crippen LogP contribution in [0.25, 0.3) is 5.70 Å². The van der Waals surface area contributed by atoms with Crippen molar-refractivity contribution in [2.45, 2.75) is 0 Å². The summed E-state index contributed by atoms with van der Waals surface area (Å²) >= 11 is 0. The van der Waals surface area contributed by atoms with Gasteiger partial charge in [-0.15, -0.1) is 0 Å². The molecule has 0 aromatic carbocycles. The highest BCUT2D eigenvalue weighted by molar-refractivity contribution is 6.12. The van der Waals surface area contributed by atoms with Gasteiger partial charge in [0.25, 0.3) is 0 Å². The van der Waals surface area contributed by atoms with E-state index in [0.717, 1.165) is 0 Å². The van der Waals surface area contributed by atoms with Crippen LogP contribution in [0.15, 0.2) is 24.5 Å². The van der Waals surface area contributed by atoms with Gasteiger partial charge in [0.2, 0.25) is 12.0 Å². The molecule has 1 aromatic rings. The molecule has 1 aliphatic rings. The van der Waals surface area contributed by atoms with E-state index < -0.39 is 5.97 Å². The summed E-state index contributed by atoms with van der Waals surface area (Å²) in [5, 5.41) is 11.2. The fourth-order valence-electron chi connectivity index (χ4n) is 1.21. The van der Waals surface area contributed by atoms with Gasteiger partial charge in [0.1, 0.15) is 19.0 Å². The Labute approximate surface area is 74.5 Å². The summed E-state index contributed by atoms with van der Waals surface area (Å²) in [7, 11) is 1.81. The molecule has 5 heteroatoms. The molecule has 1 aromatic heterocycles. The molecule has 0 saturated heterocycles. The third-order valence-corrected chi connectivity index (χ3v) is 1.82. The smallest absolute Gasteiger partial charge is 0.378 e. The van der Waals surface area contributed by atoms with Crippen LogP contribution in [0.1, 0.15) is 0 Å². The molecule has 0 unspecified atom stereocenters. The van der Waals surface area contributed by atoms with Crippen LogP contribution in [0.4, 0.5) is 0 Å². The molecule has 0 saturated carbocycles. The Balaban J connectivity index is 2.46. The third-order valence-electron chi connectivity index (χ3n) is 1.82. The Kier molecular flexibility index (Phi) is 1.58. The van der Waals surface area contributed by atoms with E-state index in [4.69, 9.17) is 0 Å². The number of nitrogens with zero attached hydrogens (tertiary/aromatic N) is 2. The van der Waals surface area contributed by atoms with E-state index in [1.807, 2.05) is 7.05 Å². The first-order valence-electron chi connectivity index (χ1n) is 3.79. The van der Waals surface area contributed by atoms with E-state index in [1.165, 1.54) is 4.57 Å². The van der Waals surface area contributed by atoms with Gasteiger partial charge >= 0.3 is 5.97 Å². The van der Waals surface area contributed by atoms with Gasteiger partial charge in [-0.05, 0) is 5.76 Å². The summed E-state index contributed by atoms with van der Waals surface area (Å²) in [5.41, 5.74) is 0.0839. The first kappa shape index (κ1) is 7.85. The van der Waals surface area contributed by atoms with Crippen molar-refractivity contribution in [3.8, 4) is 0 Å². The Morgan fingerprint density at radius 1 is 1.69 bits per heavy atom. The fourth-order valence-corrected chi connectivity index (χ4v) is 1.21. The molecule has 0 radical (unpaired) electrons. The van der Waals surface area contributed by atoms with Crippen molar-refractivity contribution < 1.29 is 19.2 Å². The SMILES string of the molecule is C[n+]1ccn(C2=C([O-])COC2=O)c1. The molecular weight excluding hydrogens is 172 g/mol. The first-order chi connectivity index (χ1) is 6.18. The van der Waals surface area contributed by atoms with Gasteiger partial charge in [0.05, 0.1) is 7.05 Å². The fraction of sp³-hybridized carbons (Fsp3) is 0.250. The van der Waals surface area contributed by atoms with Crippen LogP contribution in [0.3, 0.4) is 0 Å². The van der Waals surface area contributed by atoms with Crippen molar-refractivity contribution in [2.75, 3.05) is 6.61 Å². The standard InChI is InChI=1S/C8H8N2O3/c1-9-2-3-10(5-9)7-6(11)4-13-8(7)12/h2-3,5H,4H2,1H3. The molecule has 0 bridgehead atoms. The number of aromatic nitrogens is 2. The number of carbonyl (C=O) groups excluding carboxylic acids is 1. The van der Waals surface area contributed by atoms with Gasteiger partial charge in [-0.25, -0.2) is 9.36 Å². The number of carbonyl (C=O) groups is 1. The lowest BCUT2D eigenvalue weighted by atomic mass is 10.4. The van der Waals surface area contributed by atoms with E-state index in [2.05, 4.69) is 4.74 Å². The summed E-state index contributed by atoms with van der Waals surface area (Å²) in [6, 6.07) is 0. The number of ether oxygens (including phenoxy) is 1. The minimum Gasteiger partial charge on any atom is -0.870 e. The van der Waals surface area contributed by atoms with Crippen molar-refractivity contribution in [1.82, 2.24) is 4.57 Å². The van der Waals surface area contributed by atoms with Crippen molar-refractivity contribution in [3.05, 3.63) is 24.5 Å². The molecule has 0 amide bonds. The number of esters is 1. The average molecular weight is 180 g/mol. The van der Waals surface area contributed by atoms with Crippen LogP contribution in [0.5, 0.6) is 0 Å². The number of cyclic esters (lactones) is 1. The molecule has 0 atom stereocenters. The Morgan fingerprint density at radius 3 is 2.92 bits per heavy atom. The predicted octanol–water partition coefficient (Wildman–Crippen LogP) is -1.60. The second-order valence-corrected chi connectivity index (χ2v) is 2.83. The van der Waals surface area contributed by atoms with Gasteiger partial charge in [0, 0.05) is 0 Å². The van der Waals surface area contributed by atoms with Gasteiger partial charge in [-0.3, -0.25) is 0 Å². The zero-order chi connectivity index (χ0) is 9.42. The third kappa shape index (κ3) is 1.18. The van der Waals surface area contributed by atoms with Crippen LogP contribution >= 0.6 is 0 Å². The van der Waals surface area contributed by atoms with E-state index >= 15 is 0 Å². The topological polar surface area (TPSA) is 58.2 Å². The normalized spacial score (nSPS) is 16.5. The molecule has 0 fully saturated rings. The summed E-state index contributed by atoms with van der Waals surface area (Å²) in [5.74, 6) is -0.831. The zero-order valence-corrected chi connectivity index (χ0v) is 7.06. The van der Waals surface area contributed by atoms with Crippen molar-refractivity contribution in [3.63, 3.8) is 0 Å². The lowest BCUT2D eigenvalue weighted by Gasteiger charge is -2.00. The number of hydrogen-bond acceptors (Lipinski definition) is 3. The maximum absolute atomic E-state index is 11.2. The Bertz CT molecular complexity index is 392. The van der Waals surface area contributed by atoms with E-state index in [1.54, 1.807) is 23.3 Å². The van der Waals surface area contributed by atoms with Crippen LogP contribution in [0.2, 0.25) is 0 Å². The zero-order valence-electron chi connectivity index (χ0n) is 7.06. The summed E-state index contributed by atoms with van der Waals surface area (Å²) in [4.78, 5) is 11.1. The number of aryl methyl sites for hydroxylation is 1. The minimum absolute atomic E-state index is 0.0839. The number of imidazole rings is 1. The predicted molar refractivity (Wildman–Crippen MR) is 39.8 cm³/mol. The Morgan fingerprint density at radius 2 is 2.46 bits per heavy atom. The van der Waals surface area contributed by atoms with Crippen molar-refractivity contribution >= 4 is 11.7 Å². The van der Waals surface area contributed by atoms with Crippen LogP contribution in [-0.2, 0) is 16.6 Å². The molecule has 0 spiro atoms.